The molecular formula is C13H19NO3. The Hall–Kier alpha value is -1.55. The van der Waals surface area contributed by atoms with E-state index in [0.717, 1.165) is 5.56 Å². The Labute approximate surface area is 102 Å². The van der Waals surface area contributed by atoms with Gasteiger partial charge >= 0.3 is 0 Å². The van der Waals surface area contributed by atoms with Crippen LogP contribution in [0.5, 0.6) is 5.75 Å². The minimum absolute atomic E-state index is 0.0629. The average Bonchev–Trinajstić information content (AvgIpc) is 2.33. The first-order valence-electron chi connectivity index (χ1n) is 5.79. The monoisotopic (exact) mass is 237 g/mol. The van der Waals surface area contributed by atoms with Crippen molar-refractivity contribution in [1.82, 2.24) is 5.32 Å². The summed E-state index contributed by atoms with van der Waals surface area (Å²) in [6.45, 7) is 4.05. The highest BCUT2D eigenvalue weighted by Crippen LogP contribution is 2.15. The predicted octanol–water partition coefficient (Wildman–Crippen LogP) is 1.26. The van der Waals surface area contributed by atoms with Gasteiger partial charge in [0.05, 0.1) is 6.61 Å². The molecule has 0 fully saturated rings. The summed E-state index contributed by atoms with van der Waals surface area (Å²) in [5, 5.41) is 11.2. The van der Waals surface area contributed by atoms with Crippen molar-refractivity contribution in [3.63, 3.8) is 0 Å². The molecule has 0 bridgehead atoms. The van der Waals surface area contributed by atoms with E-state index in [-0.39, 0.29) is 19.1 Å². The molecule has 0 aliphatic heterocycles. The molecule has 17 heavy (non-hydrogen) atoms. The molecule has 0 aliphatic rings. The van der Waals surface area contributed by atoms with Crippen molar-refractivity contribution in [3.05, 3.63) is 29.8 Å². The van der Waals surface area contributed by atoms with Crippen LogP contribution >= 0.6 is 0 Å². The Morgan fingerprint density at radius 2 is 2.29 bits per heavy atom. The lowest BCUT2D eigenvalue weighted by atomic mass is 10.2. The third-order valence-electron chi connectivity index (χ3n) is 2.34. The zero-order chi connectivity index (χ0) is 12.7. The minimum atomic E-state index is -0.511. The maximum absolute atomic E-state index is 11.7. The molecule has 1 aromatic carbocycles. The van der Waals surface area contributed by atoms with Gasteiger partial charge in [-0.3, -0.25) is 4.79 Å². The number of carbonyl (C=O) groups is 1. The van der Waals surface area contributed by atoms with Gasteiger partial charge in [0.15, 0.2) is 6.10 Å². The quantitative estimate of drug-likeness (QED) is 0.783. The number of nitrogens with one attached hydrogen (secondary N) is 1. The highest BCUT2D eigenvalue weighted by Gasteiger charge is 2.17. The van der Waals surface area contributed by atoms with Crippen LogP contribution in [0.25, 0.3) is 0 Å². The van der Waals surface area contributed by atoms with Gasteiger partial charge in [0.2, 0.25) is 0 Å². The Bertz CT molecular complexity index is 365. The predicted molar refractivity (Wildman–Crippen MR) is 66.0 cm³/mol. The van der Waals surface area contributed by atoms with Gasteiger partial charge in [0.25, 0.3) is 5.91 Å². The molecule has 0 aliphatic carbocycles. The number of carbonyl (C=O) groups excluding carboxylic acids is 1. The van der Waals surface area contributed by atoms with Gasteiger partial charge in [0, 0.05) is 6.54 Å². The number of rotatable bonds is 6. The van der Waals surface area contributed by atoms with E-state index >= 15 is 0 Å². The van der Waals surface area contributed by atoms with Crippen molar-refractivity contribution in [3.8, 4) is 5.75 Å². The molecule has 1 unspecified atom stereocenters. The van der Waals surface area contributed by atoms with Crippen LogP contribution in [0.15, 0.2) is 24.3 Å². The Balaban J connectivity index is 2.60. The summed E-state index contributed by atoms with van der Waals surface area (Å²) in [6.07, 6.45) is 0.0777. The van der Waals surface area contributed by atoms with Crippen molar-refractivity contribution in [2.24, 2.45) is 0 Å². The number of aliphatic hydroxyl groups excluding tert-OH is 1. The summed E-state index contributed by atoms with van der Waals surface area (Å²) in [7, 11) is 0. The number of aryl methyl sites for hydroxylation is 1. The van der Waals surface area contributed by atoms with Crippen LogP contribution in [0, 0.1) is 6.92 Å². The molecule has 1 rings (SSSR count). The molecule has 1 atom stereocenters. The molecule has 0 radical (unpaired) electrons. The fraction of sp³-hybridized carbons (Fsp3) is 0.462. The fourth-order valence-corrected chi connectivity index (χ4v) is 1.47. The molecular weight excluding hydrogens is 218 g/mol. The van der Waals surface area contributed by atoms with Crippen molar-refractivity contribution >= 4 is 5.91 Å². The van der Waals surface area contributed by atoms with E-state index in [0.29, 0.717) is 12.2 Å². The largest absolute Gasteiger partial charge is 0.481 e. The first-order chi connectivity index (χ1) is 8.17. The molecule has 0 spiro atoms. The van der Waals surface area contributed by atoms with E-state index in [4.69, 9.17) is 9.84 Å². The third-order valence-corrected chi connectivity index (χ3v) is 2.34. The molecule has 0 aromatic heterocycles. The van der Waals surface area contributed by atoms with Crippen LogP contribution in [0.1, 0.15) is 18.9 Å². The average molecular weight is 237 g/mol. The lowest BCUT2D eigenvalue weighted by molar-refractivity contribution is -0.128. The Kier molecular flexibility index (Phi) is 5.49. The SMILES string of the molecule is CCC(Oc1cccc(C)c1)C(=O)NCCO. The number of hydrogen-bond donors (Lipinski definition) is 2. The standard InChI is InChI=1S/C13H19NO3/c1-3-12(13(16)14-7-8-15)17-11-6-4-5-10(2)9-11/h4-6,9,12,15H,3,7-8H2,1-2H3,(H,14,16). The minimum Gasteiger partial charge on any atom is -0.481 e. The lowest BCUT2D eigenvalue weighted by Crippen LogP contribution is -2.39. The molecule has 2 N–H and O–H groups in total. The van der Waals surface area contributed by atoms with Gasteiger partial charge in [-0.15, -0.1) is 0 Å². The molecule has 0 saturated carbocycles. The molecule has 0 saturated heterocycles. The summed E-state index contributed by atoms with van der Waals surface area (Å²) in [5.74, 6) is 0.499. The van der Waals surface area contributed by atoms with Gasteiger partial charge in [-0.2, -0.15) is 0 Å². The first kappa shape index (κ1) is 13.5. The number of amides is 1. The van der Waals surface area contributed by atoms with Crippen molar-refractivity contribution in [1.29, 1.82) is 0 Å². The second kappa shape index (κ2) is 6.91. The van der Waals surface area contributed by atoms with Gasteiger partial charge < -0.3 is 15.2 Å². The molecule has 0 heterocycles. The zero-order valence-electron chi connectivity index (χ0n) is 10.3. The maximum atomic E-state index is 11.7. The van der Waals surface area contributed by atoms with Gasteiger partial charge in [-0.25, -0.2) is 0 Å². The Morgan fingerprint density at radius 1 is 1.53 bits per heavy atom. The highest BCUT2D eigenvalue weighted by atomic mass is 16.5. The van der Waals surface area contributed by atoms with E-state index in [1.807, 2.05) is 38.1 Å². The van der Waals surface area contributed by atoms with Crippen LogP contribution in [0.4, 0.5) is 0 Å². The van der Waals surface area contributed by atoms with Crippen molar-refractivity contribution in [2.45, 2.75) is 26.4 Å². The highest BCUT2D eigenvalue weighted by molar-refractivity contribution is 5.81. The van der Waals surface area contributed by atoms with Crippen molar-refractivity contribution in [2.75, 3.05) is 13.2 Å². The topological polar surface area (TPSA) is 58.6 Å². The number of benzene rings is 1. The van der Waals surface area contributed by atoms with Crippen LogP contribution in [-0.4, -0.2) is 30.3 Å². The summed E-state index contributed by atoms with van der Waals surface area (Å²) in [6, 6.07) is 7.58. The van der Waals surface area contributed by atoms with Crippen LogP contribution in [0.3, 0.4) is 0 Å². The van der Waals surface area contributed by atoms with Crippen LogP contribution in [0.2, 0.25) is 0 Å². The van der Waals surface area contributed by atoms with E-state index in [2.05, 4.69) is 5.32 Å². The molecule has 4 nitrogen and oxygen atoms in total. The third kappa shape index (κ3) is 4.44. The molecule has 1 amide bonds. The maximum Gasteiger partial charge on any atom is 0.261 e. The second-order valence-electron chi connectivity index (χ2n) is 3.85. The van der Waals surface area contributed by atoms with E-state index < -0.39 is 6.10 Å². The number of hydrogen-bond acceptors (Lipinski definition) is 3. The molecule has 94 valence electrons. The smallest absolute Gasteiger partial charge is 0.261 e. The number of ether oxygens (including phenoxy) is 1. The van der Waals surface area contributed by atoms with Gasteiger partial charge in [-0.1, -0.05) is 19.1 Å². The summed E-state index contributed by atoms with van der Waals surface area (Å²) in [5.41, 5.74) is 1.09. The fourth-order valence-electron chi connectivity index (χ4n) is 1.47. The first-order valence-corrected chi connectivity index (χ1v) is 5.79. The van der Waals surface area contributed by atoms with Gasteiger partial charge in [-0.05, 0) is 31.0 Å². The van der Waals surface area contributed by atoms with E-state index in [1.165, 1.54) is 0 Å². The lowest BCUT2D eigenvalue weighted by Gasteiger charge is -2.17. The van der Waals surface area contributed by atoms with Gasteiger partial charge in [0.1, 0.15) is 5.75 Å². The summed E-state index contributed by atoms with van der Waals surface area (Å²) < 4.78 is 5.61. The normalized spacial score (nSPS) is 11.9. The number of aliphatic hydroxyl groups is 1. The summed E-state index contributed by atoms with van der Waals surface area (Å²) >= 11 is 0. The van der Waals surface area contributed by atoms with Crippen LogP contribution < -0.4 is 10.1 Å². The summed E-state index contributed by atoms with van der Waals surface area (Å²) in [4.78, 5) is 11.7. The van der Waals surface area contributed by atoms with Crippen LogP contribution in [-0.2, 0) is 4.79 Å². The molecule has 4 heteroatoms. The zero-order valence-corrected chi connectivity index (χ0v) is 10.3. The van der Waals surface area contributed by atoms with Crippen molar-refractivity contribution < 1.29 is 14.6 Å². The van der Waals surface area contributed by atoms with E-state index in [1.54, 1.807) is 0 Å². The second-order valence-corrected chi connectivity index (χ2v) is 3.85. The molecule has 1 aromatic rings. The Morgan fingerprint density at radius 3 is 2.88 bits per heavy atom. The van der Waals surface area contributed by atoms with E-state index in [9.17, 15) is 4.79 Å².